The van der Waals surface area contributed by atoms with Gasteiger partial charge in [-0.25, -0.2) is 0 Å². The van der Waals surface area contributed by atoms with Crippen LogP contribution in [0.15, 0.2) is 37.0 Å². The molecule has 0 atom stereocenters. The number of carbonyl (C=O) groups is 2. The summed E-state index contributed by atoms with van der Waals surface area (Å²) >= 11 is 0. The average molecular weight is 325 g/mol. The minimum Gasteiger partial charge on any atom is -0.460 e. The van der Waals surface area contributed by atoms with Gasteiger partial charge in [-0.2, -0.15) is 0 Å². The monoisotopic (exact) mass is 325 g/mol. The lowest BCUT2D eigenvalue weighted by atomic mass is 10.2. The van der Waals surface area contributed by atoms with E-state index < -0.39 is 0 Å². The summed E-state index contributed by atoms with van der Waals surface area (Å²) in [6.07, 6.45) is 7.36. The van der Waals surface area contributed by atoms with Crippen molar-refractivity contribution in [1.29, 1.82) is 0 Å². The van der Waals surface area contributed by atoms with E-state index in [0.29, 0.717) is 19.6 Å². The Morgan fingerprint density at radius 3 is 2.13 bits per heavy atom. The van der Waals surface area contributed by atoms with Crippen LogP contribution in [0, 0.1) is 0 Å². The number of primary amides is 1. The van der Waals surface area contributed by atoms with Crippen LogP contribution in [-0.2, 0) is 19.1 Å². The minimum atomic E-state index is -0.328. The van der Waals surface area contributed by atoms with E-state index in [9.17, 15) is 9.59 Å². The first-order valence-electron chi connectivity index (χ1n) is 7.62. The number of hydrogen-bond acceptors (Lipinski definition) is 4. The van der Waals surface area contributed by atoms with E-state index in [1.165, 1.54) is 6.92 Å². The fourth-order valence-electron chi connectivity index (χ4n) is 1.45. The Morgan fingerprint density at radius 2 is 1.78 bits per heavy atom. The fraction of sp³-hybridized carbons (Fsp3) is 0.556. The summed E-state index contributed by atoms with van der Waals surface area (Å²) in [6, 6.07) is 0. The Bertz CT molecular complexity index is 406. The van der Waals surface area contributed by atoms with Crippen LogP contribution in [0.5, 0.6) is 0 Å². The maximum absolute atomic E-state index is 10.4. The number of allylic oxidation sites excluding steroid dienone is 2. The van der Waals surface area contributed by atoms with E-state index in [1.54, 1.807) is 12.2 Å². The largest absolute Gasteiger partial charge is 0.460 e. The molecule has 5 heteroatoms. The molecule has 23 heavy (non-hydrogen) atoms. The summed E-state index contributed by atoms with van der Waals surface area (Å²) in [4.78, 5) is 20.7. The molecule has 0 unspecified atom stereocenters. The third-order valence-corrected chi connectivity index (χ3v) is 2.27. The van der Waals surface area contributed by atoms with E-state index in [4.69, 9.17) is 15.2 Å². The second-order valence-corrected chi connectivity index (χ2v) is 5.86. The summed E-state index contributed by atoms with van der Waals surface area (Å²) in [5.74, 6) is -0.481. The maximum atomic E-state index is 10.4. The first-order chi connectivity index (χ1) is 10.6. The molecule has 0 aliphatic carbocycles. The molecule has 0 spiro atoms. The predicted octanol–water partition coefficient (Wildman–Crippen LogP) is 3.31. The highest BCUT2D eigenvalue weighted by molar-refractivity contribution is 5.73. The number of unbranched alkanes of at least 4 members (excludes halogenated alkanes) is 1. The van der Waals surface area contributed by atoms with Crippen molar-refractivity contribution in [2.24, 2.45) is 5.73 Å². The van der Waals surface area contributed by atoms with Gasteiger partial charge >= 0.3 is 5.97 Å². The van der Waals surface area contributed by atoms with Crippen LogP contribution in [0.4, 0.5) is 0 Å². The molecule has 5 nitrogen and oxygen atoms in total. The molecule has 0 aliphatic rings. The van der Waals surface area contributed by atoms with Crippen molar-refractivity contribution in [3.05, 3.63) is 37.0 Å². The van der Waals surface area contributed by atoms with Crippen molar-refractivity contribution in [1.82, 2.24) is 0 Å². The van der Waals surface area contributed by atoms with Crippen LogP contribution in [0.3, 0.4) is 0 Å². The topological polar surface area (TPSA) is 78.6 Å². The van der Waals surface area contributed by atoms with Crippen molar-refractivity contribution < 1.29 is 19.1 Å². The van der Waals surface area contributed by atoms with Gasteiger partial charge in [-0.15, -0.1) is 0 Å². The third kappa shape index (κ3) is 22.5. The second kappa shape index (κ2) is 13.8. The molecule has 0 aromatic rings. The van der Waals surface area contributed by atoms with Gasteiger partial charge in [-0.3, -0.25) is 9.59 Å². The zero-order chi connectivity index (χ0) is 18.3. The van der Waals surface area contributed by atoms with E-state index >= 15 is 0 Å². The van der Waals surface area contributed by atoms with Gasteiger partial charge in [-0.1, -0.05) is 31.4 Å². The van der Waals surface area contributed by atoms with Crippen LogP contribution < -0.4 is 5.73 Å². The first-order valence-corrected chi connectivity index (χ1v) is 7.62. The fourth-order valence-corrected chi connectivity index (χ4v) is 1.45. The van der Waals surface area contributed by atoms with Crippen molar-refractivity contribution >= 4 is 11.9 Å². The Labute approximate surface area is 140 Å². The SMILES string of the molecule is C=C/C=C(\C=C)COCCCCC(N)=O.CC(=O)OC(C)(C)C. The molecule has 0 aromatic carbocycles. The van der Waals surface area contributed by atoms with E-state index in [2.05, 4.69) is 13.2 Å². The highest BCUT2D eigenvalue weighted by Crippen LogP contribution is 2.05. The van der Waals surface area contributed by atoms with Crippen molar-refractivity contribution in [3.63, 3.8) is 0 Å². The summed E-state index contributed by atoms with van der Waals surface area (Å²) in [5.41, 5.74) is 5.68. The quantitative estimate of drug-likeness (QED) is 0.401. The molecule has 0 saturated carbocycles. The number of carbonyl (C=O) groups excluding carboxylic acids is 2. The Kier molecular flexibility index (Phi) is 14.0. The predicted molar refractivity (Wildman–Crippen MR) is 93.9 cm³/mol. The molecule has 132 valence electrons. The van der Waals surface area contributed by atoms with Gasteiger partial charge in [0.2, 0.25) is 5.91 Å². The summed E-state index contributed by atoms with van der Waals surface area (Å²) in [5, 5.41) is 0. The van der Waals surface area contributed by atoms with Gasteiger partial charge in [0.05, 0.1) is 6.61 Å². The molecule has 2 N–H and O–H groups in total. The number of esters is 1. The van der Waals surface area contributed by atoms with Gasteiger partial charge in [0.15, 0.2) is 0 Å². The van der Waals surface area contributed by atoms with Gasteiger partial charge in [0.25, 0.3) is 0 Å². The van der Waals surface area contributed by atoms with Gasteiger partial charge in [-0.05, 0) is 39.2 Å². The Balaban J connectivity index is 0. The van der Waals surface area contributed by atoms with E-state index in [1.807, 2.05) is 26.8 Å². The molecule has 0 heterocycles. The number of amides is 1. The number of hydrogen-bond donors (Lipinski definition) is 1. The standard InChI is InChI=1S/C12H19NO2.C6H12O2/c1-3-7-11(4-2)10-15-9-6-5-8-12(13)14;1-5(7)8-6(2,3)4/h3-4,7H,1-2,5-6,8-10H2,(H2,13,14);1-4H3/b11-7+;. The van der Waals surface area contributed by atoms with Crippen molar-refractivity contribution in [2.75, 3.05) is 13.2 Å². The summed E-state index contributed by atoms with van der Waals surface area (Å²) in [7, 11) is 0. The lowest BCUT2D eigenvalue weighted by Crippen LogP contribution is -2.21. The van der Waals surface area contributed by atoms with E-state index in [-0.39, 0.29) is 17.5 Å². The minimum absolute atomic E-state index is 0.225. The van der Waals surface area contributed by atoms with Crippen LogP contribution in [0.25, 0.3) is 0 Å². The lowest BCUT2D eigenvalue weighted by Gasteiger charge is -2.17. The number of rotatable bonds is 9. The second-order valence-electron chi connectivity index (χ2n) is 5.86. The van der Waals surface area contributed by atoms with Crippen LogP contribution in [-0.4, -0.2) is 30.7 Å². The highest BCUT2D eigenvalue weighted by Gasteiger charge is 2.11. The Hall–Kier alpha value is -1.88. The smallest absolute Gasteiger partial charge is 0.303 e. The van der Waals surface area contributed by atoms with Crippen molar-refractivity contribution in [2.45, 2.75) is 52.6 Å². The normalized spacial score (nSPS) is 11.0. The molecule has 0 bridgehead atoms. The van der Waals surface area contributed by atoms with Crippen LogP contribution >= 0.6 is 0 Å². The average Bonchev–Trinajstić information content (AvgIpc) is 2.38. The molecular weight excluding hydrogens is 294 g/mol. The summed E-state index contributed by atoms with van der Waals surface area (Å²) in [6.45, 7) is 15.4. The Morgan fingerprint density at radius 1 is 1.17 bits per heavy atom. The lowest BCUT2D eigenvalue weighted by molar-refractivity contribution is -0.151. The third-order valence-electron chi connectivity index (χ3n) is 2.27. The molecule has 0 saturated heterocycles. The van der Waals surface area contributed by atoms with Crippen LogP contribution in [0.1, 0.15) is 47.0 Å². The molecule has 0 radical (unpaired) electrons. The maximum Gasteiger partial charge on any atom is 0.303 e. The summed E-state index contributed by atoms with van der Waals surface area (Å²) < 4.78 is 10.2. The van der Waals surface area contributed by atoms with Gasteiger partial charge < -0.3 is 15.2 Å². The zero-order valence-corrected chi connectivity index (χ0v) is 14.9. The molecule has 0 aromatic heterocycles. The first kappa shape index (κ1) is 23.4. The number of nitrogens with two attached hydrogens (primary N) is 1. The van der Waals surface area contributed by atoms with Crippen LogP contribution in [0.2, 0.25) is 0 Å². The molecule has 0 fully saturated rings. The molecular formula is C18H31NO4. The van der Waals surface area contributed by atoms with Gasteiger partial charge in [0, 0.05) is 20.0 Å². The zero-order valence-electron chi connectivity index (χ0n) is 14.9. The molecule has 1 amide bonds. The molecule has 0 aliphatic heterocycles. The van der Waals surface area contributed by atoms with E-state index in [0.717, 1.165) is 18.4 Å². The van der Waals surface area contributed by atoms with Crippen molar-refractivity contribution in [3.8, 4) is 0 Å². The number of ether oxygens (including phenoxy) is 2. The molecule has 0 rings (SSSR count). The van der Waals surface area contributed by atoms with Gasteiger partial charge in [0.1, 0.15) is 5.60 Å². The highest BCUT2D eigenvalue weighted by atomic mass is 16.6.